The molecule has 0 aliphatic rings. The lowest BCUT2D eigenvalue weighted by atomic mass is 10.1. The standard InChI is InChI=1S/C14H28O2.2C5H14NO.ClH/c1-2-3-4-5-6-7-8-9-10-11-12-13-14(15)16;2*1-6(2,3)4-5-7;/h2-13H2,1H3,(H,15,16);2*7H,4-5H2,1-3H3;1H/q;2*+1;/p-2. The largest absolute Gasteiger partial charge is 1.00 e. The van der Waals surface area contributed by atoms with Gasteiger partial charge in [0.1, 0.15) is 13.1 Å². The van der Waals surface area contributed by atoms with Crippen LogP contribution in [-0.4, -0.2) is 93.7 Å². The highest BCUT2D eigenvalue weighted by molar-refractivity contribution is 5.63. The van der Waals surface area contributed by atoms with E-state index in [0.29, 0.717) is 0 Å². The SMILES string of the molecule is CCCCCCCCCCCCCC(=O)[O-].C[N+](C)(C)CCO.C[N+](C)(C)CCO.[Cl-]. The van der Waals surface area contributed by atoms with Gasteiger partial charge in [0.25, 0.3) is 0 Å². The summed E-state index contributed by atoms with van der Waals surface area (Å²) in [6.07, 6.45) is 14.0. The Balaban J connectivity index is -0.000000202. The quantitative estimate of drug-likeness (QED) is 0.242. The van der Waals surface area contributed by atoms with Crippen molar-refractivity contribution in [1.82, 2.24) is 0 Å². The highest BCUT2D eigenvalue weighted by Crippen LogP contribution is 2.11. The Morgan fingerprint density at radius 3 is 1.13 bits per heavy atom. The summed E-state index contributed by atoms with van der Waals surface area (Å²) in [5.41, 5.74) is 0. The van der Waals surface area contributed by atoms with Gasteiger partial charge in [0, 0.05) is 5.97 Å². The molecule has 0 aromatic carbocycles. The number of quaternary nitrogens is 2. The molecule has 0 aromatic rings. The lowest BCUT2D eigenvalue weighted by Gasteiger charge is -2.21. The van der Waals surface area contributed by atoms with Gasteiger partial charge in [0.15, 0.2) is 0 Å². The third-order valence-electron chi connectivity index (χ3n) is 4.53. The van der Waals surface area contributed by atoms with E-state index in [0.717, 1.165) is 34.9 Å². The van der Waals surface area contributed by atoms with Gasteiger partial charge in [-0.15, -0.1) is 0 Å². The van der Waals surface area contributed by atoms with Crippen LogP contribution in [0.25, 0.3) is 0 Å². The molecule has 192 valence electrons. The van der Waals surface area contributed by atoms with Gasteiger partial charge in [-0.25, -0.2) is 0 Å². The number of aliphatic carboxylic acids is 1. The van der Waals surface area contributed by atoms with Crippen LogP contribution < -0.4 is 17.5 Å². The molecular formula is C24H55ClN2O4. The fourth-order valence-electron chi connectivity index (χ4n) is 2.53. The Morgan fingerprint density at radius 2 is 0.935 bits per heavy atom. The van der Waals surface area contributed by atoms with Crippen molar-refractivity contribution >= 4 is 5.97 Å². The van der Waals surface area contributed by atoms with Gasteiger partial charge in [0.05, 0.1) is 55.5 Å². The van der Waals surface area contributed by atoms with E-state index in [1.165, 1.54) is 57.8 Å². The number of carbonyl (C=O) groups excluding carboxylic acids is 1. The van der Waals surface area contributed by atoms with Crippen LogP contribution in [0.3, 0.4) is 0 Å². The lowest BCUT2D eigenvalue weighted by Crippen LogP contribution is -3.00. The summed E-state index contributed by atoms with van der Waals surface area (Å²) in [4.78, 5) is 10.1. The third kappa shape index (κ3) is 53.1. The molecule has 0 heterocycles. The Hall–Kier alpha value is -0.400. The Morgan fingerprint density at radius 1 is 0.645 bits per heavy atom. The van der Waals surface area contributed by atoms with Crippen LogP contribution in [0.1, 0.15) is 84.0 Å². The summed E-state index contributed by atoms with van der Waals surface area (Å²) in [7, 11) is 12.3. The van der Waals surface area contributed by atoms with Crippen molar-refractivity contribution in [1.29, 1.82) is 0 Å². The molecule has 0 bridgehead atoms. The van der Waals surface area contributed by atoms with Crippen molar-refractivity contribution < 1.29 is 41.5 Å². The maximum atomic E-state index is 10.1. The van der Waals surface area contributed by atoms with Gasteiger partial charge in [-0.3, -0.25) is 0 Å². The second-order valence-electron chi connectivity index (χ2n) is 10.1. The van der Waals surface area contributed by atoms with Crippen molar-refractivity contribution in [2.24, 2.45) is 0 Å². The molecule has 0 rings (SSSR count). The summed E-state index contributed by atoms with van der Waals surface area (Å²) in [5, 5.41) is 26.9. The minimum absolute atomic E-state index is 0. The second kappa shape index (κ2) is 25.9. The minimum Gasteiger partial charge on any atom is -1.00 e. The zero-order valence-electron chi connectivity index (χ0n) is 21.8. The van der Waals surface area contributed by atoms with Gasteiger partial charge >= 0.3 is 0 Å². The highest BCUT2D eigenvalue weighted by atomic mass is 35.5. The molecule has 0 saturated carbocycles. The predicted molar refractivity (Wildman–Crippen MR) is 126 cm³/mol. The van der Waals surface area contributed by atoms with E-state index < -0.39 is 5.97 Å². The fourth-order valence-corrected chi connectivity index (χ4v) is 2.53. The molecule has 2 N–H and O–H groups in total. The number of carboxylic acids is 1. The second-order valence-corrected chi connectivity index (χ2v) is 10.1. The summed E-state index contributed by atoms with van der Waals surface area (Å²) < 4.78 is 1.69. The van der Waals surface area contributed by atoms with E-state index in [9.17, 15) is 9.90 Å². The molecule has 0 amide bonds. The van der Waals surface area contributed by atoms with Crippen LogP contribution in [0.5, 0.6) is 0 Å². The van der Waals surface area contributed by atoms with E-state index in [2.05, 4.69) is 49.2 Å². The van der Waals surface area contributed by atoms with Crippen LogP contribution in [0.2, 0.25) is 0 Å². The van der Waals surface area contributed by atoms with Crippen LogP contribution in [0.4, 0.5) is 0 Å². The van der Waals surface area contributed by atoms with Gasteiger partial charge < -0.3 is 41.5 Å². The zero-order chi connectivity index (χ0) is 23.9. The number of nitrogens with zero attached hydrogens (tertiary/aromatic N) is 2. The fraction of sp³-hybridized carbons (Fsp3) is 0.958. The molecule has 0 saturated heterocycles. The van der Waals surface area contributed by atoms with Gasteiger partial charge in [-0.2, -0.15) is 0 Å². The zero-order valence-corrected chi connectivity index (χ0v) is 22.6. The molecule has 0 atom stereocenters. The van der Waals surface area contributed by atoms with Crippen LogP contribution >= 0.6 is 0 Å². The third-order valence-corrected chi connectivity index (χ3v) is 4.53. The average Bonchev–Trinajstić information content (AvgIpc) is 2.58. The van der Waals surface area contributed by atoms with Crippen molar-refractivity contribution in [3.8, 4) is 0 Å². The van der Waals surface area contributed by atoms with Gasteiger partial charge in [0.2, 0.25) is 0 Å². The molecule has 31 heavy (non-hydrogen) atoms. The molecule has 0 radical (unpaired) electrons. The van der Waals surface area contributed by atoms with Crippen molar-refractivity contribution in [3.63, 3.8) is 0 Å². The monoisotopic (exact) mass is 470 g/mol. The minimum atomic E-state index is -0.907. The Kier molecular flexibility index (Phi) is 31.6. The summed E-state index contributed by atoms with van der Waals surface area (Å²) in [6, 6.07) is 0. The molecule has 0 fully saturated rings. The van der Waals surface area contributed by atoms with E-state index in [1.54, 1.807) is 0 Å². The maximum Gasteiger partial charge on any atom is 0.101 e. The number of rotatable bonds is 16. The van der Waals surface area contributed by atoms with Crippen molar-refractivity contribution in [2.75, 3.05) is 68.6 Å². The summed E-state index contributed by atoms with van der Waals surface area (Å²) >= 11 is 0. The predicted octanol–water partition coefficient (Wildman–Crippen LogP) is -0.189. The first-order chi connectivity index (χ1) is 13.9. The normalized spacial score (nSPS) is 10.9. The molecule has 0 unspecified atom stereocenters. The molecule has 0 aliphatic heterocycles. The Bertz CT molecular complexity index is 340. The topological polar surface area (TPSA) is 80.6 Å². The first-order valence-corrected chi connectivity index (χ1v) is 11.9. The number of halogens is 1. The smallest absolute Gasteiger partial charge is 0.101 e. The van der Waals surface area contributed by atoms with Gasteiger partial charge in [-0.05, 0) is 12.8 Å². The number of hydrogen-bond acceptors (Lipinski definition) is 4. The molecular weight excluding hydrogens is 416 g/mol. The summed E-state index contributed by atoms with van der Waals surface area (Å²) in [5.74, 6) is -0.907. The van der Waals surface area contributed by atoms with Gasteiger partial charge in [-0.1, -0.05) is 71.1 Å². The van der Waals surface area contributed by atoms with Crippen LogP contribution in [-0.2, 0) is 4.79 Å². The average molecular weight is 471 g/mol. The number of unbranched alkanes of at least 4 members (excludes halogenated alkanes) is 10. The first kappa shape index (κ1) is 37.9. The number of hydrogen-bond donors (Lipinski definition) is 2. The number of carbonyl (C=O) groups is 1. The van der Waals surface area contributed by atoms with Crippen molar-refractivity contribution in [3.05, 3.63) is 0 Å². The number of carboxylic acid groups (broad SMARTS) is 1. The number of likely N-dealkylation sites (N-methyl/N-ethyl adjacent to an activating group) is 2. The van der Waals surface area contributed by atoms with E-state index in [-0.39, 0.29) is 32.0 Å². The number of aliphatic hydroxyl groups excluding tert-OH is 2. The van der Waals surface area contributed by atoms with Crippen LogP contribution in [0.15, 0.2) is 0 Å². The molecule has 7 heteroatoms. The van der Waals surface area contributed by atoms with E-state index >= 15 is 0 Å². The Labute approximate surface area is 200 Å². The number of aliphatic hydroxyl groups is 2. The first-order valence-electron chi connectivity index (χ1n) is 11.9. The van der Waals surface area contributed by atoms with Crippen LogP contribution in [0, 0.1) is 0 Å². The van der Waals surface area contributed by atoms with E-state index in [4.69, 9.17) is 10.2 Å². The molecule has 0 aromatic heterocycles. The highest BCUT2D eigenvalue weighted by Gasteiger charge is 2.02. The maximum absolute atomic E-state index is 10.1. The molecule has 0 aliphatic carbocycles. The van der Waals surface area contributed by atoms with E-state index in [1.807, 2.05) is 0 Å². The molecule has 0 spiro atoms. The lowest BCUT2D eigenvalue weighted by molar-refractivity contribution is -0.870. The van der Waals surface area contributed by atoms with Crippen molar-refractivity contribution in [2.45, 2.75) is 84.0 Å². The summed E-state index contributed by atoms with van der Waals surface area (Å²) in [6.45, 7) is 4.47. The molecule has 6 nitrogen and oxygen atoms in total.